The Labute approximate surface area is 194 Å². The van der Waals surface area contributed by atoms with Crippen LogP contribution in [0.5, 0.6) is 0 Å². The molecule has 0 radical (unpaired) electrons. The van der Waals surface area contributed by atoms with E-state index in [9.17, 15) is 0 Å². The molecule has 1 atom stereocenters. The highest BCUT2D eigenvalue weighted by Crippen LogP contribution is 2.62. The highest BCUT2D eigenvalue weighted by molar-refractivity contribution is 7.99. The van der Waals surface area contributed by atoms with Gasteiger partial charge in [0.05, 0.1) is 28.4 Å². The monoisotopic (exact) mass is 434 g/mol. The van der Waals surface area contributed by atoms with Crippen molar-refractivity contribution in [3.05, 3.63) is 96.1 Å². The summed E-state index contributed by atoms with van der Waals surface area (Å²) in [6.45, 7) is 6.85. The number of fused-ring (bicyclic) bond motifs is 4. The number of aryl methyl sites for hydroxylation is 1. The molecule has 2 aliphatic rings. The van der Waals surface area contributed by atoms with Crippen molar-refractivity contribution in [2.75, 3.05) is 9.80 Å². The topological polar surface area (TPSA) is 6.48 Å². The van der Waals surface area contributed by atoms with Crippen molar-refractivity contribution in [1.82, 2.24) is 0 Å². The van der Waals surface area contributed by atoms with E-state index in [1.807, 2.05) is 11.8 Å². The minimum atomic E-state index is 0.492. The fraction of sp³-hybridized carbons (Fsp3) is 0.172. The molecular weight excluding hydrogens is 408 g/mol. The van der Waals surface area contributed by atoms with Gasteiger partial charge in [-0.1, -0.05) is 74.1 Å². The molecule has 0 spiro atoms. The normalized spacial score (nSPS) is 14.5. The van der Waals surface area contributed by atoms with Gasteiger partial charge in [0, 0.05) is 15.5 Å². The lowest BCUT2D eigenvalue weighted by atomic mass is 9.94. The summed E-state index contributed by atoms with van der Waals surface area (Å²) < 4.78 is 0. The van der Waals surface area contributed by atoms with Crippen LogP contribution in [0.25, 0.3) is 0 Å². The zero-order valence-electron chi connectivity index (χ0n) is 18.7. The molecule has 0 saturated carbocycles. The smallest absolute Gasteiger partial charge is 0.0847 e. The SMILES string of the molecule is CCC(C)c1ccccc1N1c2ccccc2N2c3ccccc3Sc3ccc(C)c1c32. The van der Waals surface area contributed by atoms with Gasteiger partial charge in [-0.05, 0) is 66.8 Å². The van der Waals surface area contributed by atoms with Gasteiger partial charge < -0.3 is 9.80 Å². The average molecular weight is 435 g/mol. The molecule has 0 saturated heterocycles. The highest BCUT2D eigenvalue weighted by atomic mass is 32.2. The van der Waals surface area contributed by atoms with Crippen LogP contribution in [0.1, 0.15) is 37.3 Å². The number of anilines is 6. The van der Waals surface area contributed by atoms with Gasteiger partial charge in [-0.25, -0.2) is 0 Å². The van der Waals surface area contributed by atoms with E-state index < -0.39 is 0 Å². The van der Waals surface area contributed by atoms with E-state index in [1.165, 1.54) is 55.0 Å². The third-order valence-corrected chi connectivity index (χ3v) is 7.89. The minimum Gasteiger partial charge on any atom is -0.306 e. The summed E-state index contributed by atoms with van der Waals surface area (Å²) in [5, 5.41) is 0. The molecule has 0 bridgehead atoms. The quantitative estimate of drug-likeness (QED) is 0.274. The number of rotatable bonds is 3. The molecule has 4 aromatic rings. The van der Waals surface area contributed by atoms with E-state index in [1.54, 1.807) is 0 Å². The number of para-hydroxylation sites is 4. The lowest BCUT2D eigenvalue weighted by Gasteiger charge is -2.45. The summed E-state index contributed by atoms with van der Waals surface area (Å²) in [6.07, 6.45) is 1.12. The molecule has 0 amide bonds. The van der Waals surface area contributed by atoms with Crippen LogP contribution >= 0.6 is 11.8 Å². The predicted octanol–water partition coefficient (Wildman–Crippen LogP) is 9.23. The maximum Gasteiger partial charge on any atom is 0.0847 e. The molecule has 0 fully saturated rings. The van der Waals surface area contributed by atoms with Crippen LogP contribution in [0.15, 0.2) is 94.7 Å². The highest BCUT2D eigenvalue weighted by Gasteiger charge is 2.37. The van der Waals surface area contributed by atoms with E-state index in [4.69, 9.17) is 0 Å². The Morgan fingerprint density at radius 3 is 1.97 bits per heavy atom. The first-order valence-corrected chi connectivity index (χ1v) is 12.2. The van der Waals surface area contributed by atoms with Gasteiger partial charge in [-0.2, -0.15) is 0 Å². The molecule has 1 unspecified atom stereocenters. The largest absolute Gasteiger partial charge is 0.306 e. The Morgan fingerprint density at radius 1 is 0.656 bits per heavy atom. The van der Waals surface area contributed by atoms with E-state index in [-0.39, 0.29) is 0 Å². The van der Waals surface area contributed by atoms with Crippen molar-refractivity contribution < 1.29 is 0 Å². The summed E-state index contributed by atoms with van der Waals surface area (Å²) in [5.41, 5.74) is 10.3. The molecule has 0 aliphatic carbocycles. The Kier molecular flexibility index (Phi) is 4.55. The number of benzene rings is 4. The van der Waals surface area contributed by atoms with Crippen LogP contribution in [0, 0.1) is 6.92 Å². The van der Waals surface area contributed by atoms with Crippen LogP contribution in [0.3, 0.4) is 0 Å². The molecule has 0 N–H and O–H groups in total. The molecule has 2 aliphatic heterocycles. The van der Waals surface area contributed by atoms with Crippen molar-refractivity contribution in [1.29, 1.82) is 0 Å². The van der Waals surface area contributed by atoms with Gasteiger partial charge in [-0.3, -0.25) is 0 Å². The first-order chi connectivity index (χ1) is 15.7. The Hall–Kier alpha value is -3.17. The van der Waals surface area contributed by atoms with Crippen LogP contribution in [0.2, 0.25) is 0 Å². The van der Waals surface area contributed by atoms with Crippen molar-refractivity contribution in [3.63, 3.8) is 0 Å². The maximum absolute atomic E-state index is 2.51. The standard InChI is InChI=1S/C29H26N2S/c1-4-19(2)21-11-5-6-12-22(21)30-23-13-7-8-14-24(23)31-25-15-9-10-16-26(25)32-27-18-17-20(3)28(30)29(27)31/h5-19H,4H2,1-3H3. The fourth-order valence-electron chi connectivity index (χ4n) is 5.00. The molecule has 0 aromatic heterocycles. The summed E-state index contributed by atoms with van der Waals surface area (Å²) in [7, 11) is 0. The van der Waals surface area contributed by atoms with Gasteiger partial charge >= 0.3 is 0 Å². The third kappa shape index (κ3) is 2.74. The second-order valence-electron chi connectivity index (χ2n) is 8.68. The molecule has 4 aromatic carbocycles. The molecule has 6 rings (SSSR count). The summed E-state index contributed by atoms with van der Waals surface area (Å²) in [6, 6.07) is 31.1. The Balaban J connectivity index is 1.70. The molecule has 2 nitrogen and oxygen atoms in total. The van der Waals surface area contributed by atoms with Crippen LogP contribution < -0.4 is 9.80 Å². The van der Waals surface area contributed by atoms with Gasteiger partial charge in [-0.15, -0.1) is 0 Å². The summed E-state index contributed by atoms with van der Waals surface area (Å²) in [4.78, 5) is 7.60. The van der Waals surface area contributed by atoms with Crippen LogP contribution in [-0.4, -0.2) is 0 Å². The maximum atomic E-state index is 2.51. The molecule has 32 heavy (non-hydrogen) atoms. The predicted molar refractivity (Wildman–Crippen MR) is 137 cm³/mol. The van der Waals surface area contributed by atoms with Gasteiger partial charge in [0.1, 0.15) is 0 Å². The second kappa shape index (κ2) is 7.46. The van der Waals surface area contributed by atoms with E-state index in [0.717, 1.165) is 6.42 Å². The average Bonchev–Trinajstić information content (AvgIpc) is 2.85. The van der Waals surface area contributed by atoms with E-state index in [0.29, 0.717) is 5.92 Å². The van der Waals surface area contributed by atoms with Crippen molar-refractivity contribution >= 4 is 45.9 Å². The van der Waals surface area contributed by atoms with Gasteiger partial charge in [0.25, 0.3) is 0 Å². The zero-order valence-corrected chi connectivity index (χ0v) is 19.5. The molecule has 2 heterocycles. The van der Waals surface area contributed by atoms with Gasteiger partial charge in [0.2, 0.25) is 0 Å². The summed E-state index contributed by atoms with van der Waals surface area (Å²) >= 11 is 1.88. The first kappa shape index (κ1) is 19.5. The van der Waals surface area contributed by atoms with Crippen LogP contribution in [0.4, 0.5) is 34.1 Å². The Morgan fingerprint density at radius 2 is 1.25 bits per heavy atom. The fourth-order valence-corrected chi connectivity index (χ4v) is 6.07. The number of hydrogen-bond acceptors (Lipinski definition) is 3. The number of hydrogen-bond donors (Lipinski definition) is 0. The van der Waals surface area contributed by atoms with Crippen molar-refractivity contribution in [2.45, 2.75) is 42.9 Å². The zero-order chi connectivity index (χ0) is 21.8. The first-order valence-electron chi connectivity index (χ1n) is 11.4. The molecular formula is C29H26N2S. The summed E-state index contributed by atoms with van der Waals surface area (Å²) in [5.74, 6) is 0.492. The second-order valence-corrected chi connectivity index (χ2v) is 9.76. The van der Waals surface area contributed by atoms with E-state index >= 15 is 0 Å². The van der Waals surface area contributed by atoms with Gasteiger partial charge in [0.15, 0.2) is 0 Å². The molecule has 158 valence electrons. The minimum absolute atomic E-state index is 0.492. The van der Waals surface area contributed by atoms with E-state index in [2.05, 4.69) is 116 Å². The lowest BCUT2D eigenvalue weighted by Crippen LogP contribution is -2.27. The third-order valence-electron chi connectivity index (χ3n) is 6.77. The number of nitrogens with zero attached hydrogens (tertiary/aromatic N) is 2. The van der Waals surface area contributed by atoms with Crippen LogP contribution in [-0.2, 0) is 0 Å². The van der Waals surface area contributed by atoms with Crippen molar-refractivity contribution in [3.8, 4) is 0 Å². The Bertz CT molecular complexity index is 1340. The van der Waals surface area contributed by atoms with Crippen molar-refractivity contribution in [2.24, 2.45) is 0 Å². The lowest BCUT2D eigenvalue weighted by molar-refractivity contribution is 0.733. The molecule has 3 heteroatoms.